The van der Waals surface area contributed by atoms with Crippen LogP contribution in [0.1, 0.15) is 90.4 Å². The Kier molecular flexibility index (Phi) is 13.7. The third kappa shape index (κ3) is 10.7. The second-order valence-electron chi connectivity index (χ2n) is 6.98. The third-order valence-corrected chi connectivity index (χ3v) is 4.78. The number of nitrogens with zero attached hydrogens (tertiary/aromatic N) is 1. The van der Waals surface area contributed by atoms with Crippen molar-refractivity contribution in [2.45, 2.75) is 96.6 Å². The van der Waals surface area contributed by atoms with Gasteiger partial charge in [-0.1, -0.05) is 70.4 Å². The van der Waals surface area contributed by atoms with Gasteiger partial charge in [0.05, 0.1) is 12.8 Å². The smallest absolute Gasteiger partial charge is 0.0982 e. The van der Waals surface area contributed by atoms with Crippen molar-refractivity contribution in [2.24, 2.45) is 0 Å². The number of aliphatic hydroxyl groups is 1. The van der Waals surface area contributed by atoms with Crippen LogP contribution in [0.5, 0.6) is 0 Å². The Labute approximate surface area is 150 Å². The fraction of sp³-hybridized carbons (Fsp3) is 0.810. The maximum atomic E-state index is 9.03. The van der Waals surface area contributed by atoms with Gasteiger partial charge in [0.2, 0.25) is 0 Å². The number of rotatable bonds is 16. The molecular weight excluding hydrogens is 296 g/mol. The molecule has 0 saturated carbocycles. The first-order valence-electron chi connectivity index (χ1n) is 10.3. The molecule has 0 aromatic rings. The number of β-amino-alcohol motifs (C(OH)–C–C–N with tert-alkyl or cyclic N) is 1. The van der Waals surface area contributed by atoms with E-state index in [9.17, 15) is 0 Å². The zero-order chi connectivity index (χ0) is 17.3. The molecule has 0 radical (unpaired) electrons. The van der Waals surface area contributed by atoms with Crippen LogP contribution in [0.2, 0.25) is 0 Å². The van der Waals surface area contributed by atoms with Crippen molar-refractivity contribution in [1.29, 1.82) is 0 Å². The van der Waals surface area contributed by atoms with E-state index in [0.29, 0.717) is 6.17 Å². The highest BCUT2D eigenvalue weighted by atomic mass is 16.3. The van der Waals surface area contributed by atoms with Crippen LogP contribution in [0.4, 0.5) is 0 Å². The van der Waals surface area contributed by atoms with Crippen LogP contribution < -0.4 is 5.32 Å². The van der Waals surface area contributed by atoms with Gasteiger partial charge in [-0.15, -0.1) is 0 Å². The van der Waals surface area contributed by atoms with E-state index < -0.39 is 0 Å². The van der Waals surface area contributed by atoms with Gasteiger partial charge in [-0.25, -0.2) is 0 Å². The molecule has 1 aliphatic rings. The average Bonchev–Trinajstić information content (AvgIpc) is 3.03. The minimum absolute atomic E-state index is 0.234. The Bertz CT molecular complexity index is 328. The van der Waals surface area contributed by atoms with Crippen LogP contribution in [-0.4, -0.2) is 29.3 Å². The molecule has 0 fully saturated rings. The lowest BCUT2D eigenvalue weighted by molar-refractivity contribution is 0.194. The number of hydrogen-bond acceptors (Lipinski definition) is 3. The first-order chi connectivity index (χ1) is 11.9. The lowest BCUT2D eigenvalue weighted by Gasteiger charge is -2.24. The summed E-state index contributed by atoms with van der Waals surface area (Å²) in [4.78, 5) is 2.21. The normalized spacial score (nSPS) is 17.1. The molecule has 0 bridgehead atoms. The molecule has 1 rings (SSSR count). The van der Waals surface area contributed by atoms with Gasteiger partial charge >= 0.3 is 0 Å². The summed E-state index contributed by atoms with van der Waals surface area (Å²) in [7, 11) is 0. The van der Waals surface area contributed by atoms with Gasteiger partial charge in [-0.05, 0) is 32.1 Å². The van der Waals surface area contributed by atoms with Gasteiger partial charge in [0, 0.05) is 18.9 Å². The Morgan fingerprint density at radius 1 is 0.917 bits per heavy atom. The SMILES string of the molecule is CCC/C=C/CCCCCCCCCCCC1NC=CN1CCO. The molecule has 1 atom stereocenters. The van der Waals surface area contributed by atoms with Gasteiger partial charge in [-0.3, -0.25) is 0 Å². The number of allylic oxidation sites excluding steroid dienone is 2. The predicted octanol–water partition coefficient (Wildman–Crippen LogP) is 5.33. The predicted molar refractivity (Wildman–Crippen MR) is 105 cm³/mol. The Morgan fingerprint density at radius 3 is 2.21 bits per heavy atom. The highest BCUT2D eigenvalue weighted by Gasteiger charge is 2.16. The molecule has 1 unspecified atom stereocenters. The summed E-state index contributed by atoms with van der Waals surface area (Å²) in [5.41, 5.74) is 0. The summed E-state index contributed by atoms with van der Waals surface area (Å²) < 4.78 is 0. The second-order valence-corrected chi connectivity index (χ2v) is 6.98. The van der Waals surface area contributed by atoms with E-state index in [1.807, 2.05) is 6.20 Å². The number of hydrogen-bond donors (Lipinski definition) is 2. The lowest BCUT2D eigenvalue weighted by Crippen LogP contribution is -2.36. The van der Waals surface area contributed by atoms with E-state index in [-0.39, 0.29) is 6.61 Å². The van der Waals surface area contributed by atoms with Crippen molar-refractivity contribution < 1.29 is 5.11 Å². The first kappa shape index (κ1) is 21.1. The molecule has 24 heavy (non-hydrogen) atoms. The fourth-order valence-electron chi connectivity index (χ4n) is 3.28. The Balaban J connectivity index is 1.79. The molecule has 0 aliphatic carbocycles. The zero-order valence-electron chi connectivity index (χ0n) is 15.9. The molecule has 1 heterocycles. The first-order valence-corrected chi connectivity index (χ1v) is 10.3. The monoisotopic (exact) mass is 336 g/mol. The third-order valence-electron chi connectivity index (χ3n) is 4.78. The molecule has 0 saturated heterocycles. The van der Waals surface area contributed by atoms with Crippen LogP contribution in [0.3, 0.4) is 0 Å². The Morgan fingerprint density at radius 2 is 1.54 bits per heavy atom. The number of aliphatic hydroxyl groups excluding tert-OH is 1. The highest BCUT2D eigenvalue weighted by molar-refractivity contribution is 4.93. The highest BCUT2D eigenvalue weighted by Crippen LogP contribution is 2.15. The zero-order valence-corrected chi connectivity index (χ0v) is 15.9. The summed E-state index contributed by atoms with van der Waals surface area (Å²) in [6, 6.07) is 0. The Hall–Kier alpha value is -0.960. The van der Waals surface area contributed by atoms with Crippen LogP contribution in [0.15, 0.2) is 24.6 Å². The molecule has 0 amide bonds. The van der Waals surface area contributed by atoms with Gasteiger partial charge in [0.15, 0.2) is 0 Å². The standard InChI is InChI=1S/C21H40N2O/c1-2-3-4-5-6-7-8-9-10-11-12-13-14-15-16-21-22-17-18-23(21)19-20-24/h4-5,17-18,21-22,24H,2-3,6-16,19-20H2,1H3/b5-4+. The number of unbranched alkanes of at least 4 members (excludes halogenated alkanes) is 10. The van der Waals surface area contributed by atoms with Crippen LogP contribution in [0, 0.1) is 0 Å². The van der Waals surface area contributed by atoms with Crippen molar-refractivity contribution in [3.8, 4) is 0 Å². The van der Waals surface area contributed by atoms with Gasteiger partial charge in [-0.2, -0.15) is 0 Å². The van der Waals surface area contributed by atoms with Crippen molar-refractivity contribution >= 4 is 0 Å². The molecule has 140 valence electrons. The van der Waals surface area contributed by atoms with Crippen molar-refractivity contribution in [3.05, 3.63) is 24.6 Å². The molecule has 0 spiro atoms. The molecule has 1 aliphatic heterocycles. The van der Waals surface area contributed by atoms with Gasteiger partial charge in [0.1, 0.15) is 0 Å². The molecule has 3 heteroatoms. The van der Waals surface area contributed by atoms with Crippen LogP contribution >= 0.6 is 0 Å². The molecule has 2 N–H and O–H groups in total. The van der Waals surface area contributed by atoms with Crippen molar-refractivity contribution in [1.82, 2.24) is 10.2 Å². The second kappa shape index (κ2) is 15.6. The fourth-order valence-corrected chi connectivity index (χ4v) is 3.28. The van der Waals surface area contributed by atoms with Gasteiger partial charge in [0.25, 0.3) is 0 Å². The van der Waals surface area contributed by atoms with E-state index in [4.69, 9.17) is 5.11 Å². The lowest BCUT2D eigenvalue weighted by atomic mass is 10.0. The van der Waals surface area contributed by atoms with E-state index in [1.165, 1.54) is 83.5 Å². The van der Waals surface area contributed by atoms with Crippen LogP contribution in [0.25, 0.3) is 0 Å². The van der Waals surface area contributed by atoms with Crippen molar-refractivity contribution in [2.75, 3.05) is 13.2 Å². The molecule has 0 aromatic heterocycles. The molecular formula is C21H40N2O. The minimum Gasteiger partial charge on any atom is -0.395 e. The topological polar surface area (TPSA) is 35.5 Å². The van der Waals surface area contributed by atoms with E-state index >= 15 is 0 Å². The van der Waals surface area contributed by atoms with Crippen molar-refractivity contribution in [3.63, 3.8) is 0 Å². The summed E-state index contributed by atoms with van der Waals surface area (Å²) in [6.07, 6.45) is 26.5. The largest absolute Gasteiger partial charge is 0.395 e. The maximum Gasteiger partial charge on any atom is 0.0982 e. The maximum absolute atomic E-state index is 9.03. The summed E-state index contributed by atoms with van der Waals surface area (Å²) in [6.45, 7) is 3.21. The number of nitrogens with one attached hydrogen (secondary N) is 1. The minimum atomic E-state index is 0.234. The average molecular weight is 337 g/mol. The quantitative estimate of drug-likeness (QED) is 0.295. The van der Waals surface area contributed by atoms with E-state index in [1.54, 1.807) is 0 Å². The summed E-state index contributed by atoms with van der Waals surface area (Å²) >= 11 is 0. The van der Waals surface area contributed by atoms with E-state index in [0.717, 1.165) is 6.54 Å². The summed E-state index contributed by atoms with van der Waals surface area (Å²) in [5, 5.41) is 12.4. The molecule has 3 nitrogen and oxygen atoms in total. The van der Waals surface area contributed by atoms with Crippen LogP contribution in [-0.2, 0) is 0 Å². The van der Waals surface area contributed by atoms with Gasteiger partial charge < -0.3 is 15.3 Å². The van der Waals surface area contributed by atoms with E-state index in [2.05, 4.69) is 35.5 Å². The molecule has 0 aromatic carbocycles. The summed E-state index contributed by atoms with van der Waals surface area (Å²) in [5.74, 6) is 0.